The van der Waals surface area contributed by atoms with Crippen LogP contribution in [0.15, 0.2) is 48.5 Å². The molecule has 0 bridgehead atoms. The number of amides is 1. The van der Waals surface area contributed by atoms with E-state index in [1.165, 1.54) is 11.6 Å². The van der Waals surface area contributed by atoms with E-state index in [0.29, 0.717) is 0 Å². The number of nitrogens with zero attached hydrogens (tertiary/aromatic N) is 2. The maximum Gasteiger partial charge on any atom is 0.292 e. The summed E-state index contributed by atoms with van der Waals surface area (Å²) in [6, 6.07) is 14.8. The summed E-state index contributed by atoms with van der Waals surface area (Å²) < 4.78 is 0. The van der Waals surface area contributed by atoms with Gasteiger partial charge in [0, 0.05) is 31.7 Å². The van der Waals surface area contributed by atoms with E-state index in [1.54, 1.807) is 18.2 Å². The van der Waals surface area contributed by atoms with Crippen molar-refractivity contribution in [3.05, 3.63) is 69.8 Å². The first-order valence-corrected chi connectivity index (χ1v) is 9.15. The fraction of sp³-hybridized carbons (Fsp3) is 0.350. The molecule has 1 fully saturated rings. The molecule has 1 atom stereocenters. The van der Waals surface area contributed by atoms with Gasteiger partial charge in [-0.3, -0.25) is 19.8 Å². The maximum absolute atomic E-state index is 12.5. The number of hydrogen-bond acceptors (Lipinski definition) is 5. The molecule has 3 rings (SSSR count). The first-order chi connectivity index (χ1) is 13.1. The number of benzene rings is 2. The van der Waals surface area contributed by atoms with Gasteiger partial charge in [0.05, 0.1) is 11.5 Å². The highest BCUT2D eigenvalue weighted by Crippen LogP contribution is 2.25. The molecule has 1 heterocycles. The molecule has 2 N–H and O–H groups in total. The van der Waals surface area contributed by atoms with Crippen LogP contribution in [0.25, 0.3) is 0 Å². The van der Waals surface area contributed by atoms with Gasteiger partial charge in [0.25, 0.3) is 5.69 Å². The lowest BCUT2D eigenvalue weighted by atomic mass is 10.0. The summed E-state index contributed by atoms with van der Waals surface area (Å²) in [5, 5.41) is 17.2. The van der Waals surface area contributed by atoms with Gasteiger partial charge >= 0.3 is 0 Å². The summed E-state index contributed by atoms with van der Waals surface area (Å²) in [6.45, 7) is 4.63. The molecule has 142 valence electrons. The largest absolute Gasteiger partial charge is 0.319 e. The monoisotopic (exact) mass is 368 g/mol. The van der Waals surface area contributed by atoms with Gasteiger partial charge in [-0.1, -0.05) is 43.3 Å². The van der Waals surface area contributed by atoms with Crippen molar-refractivity contribution >= 4 is 17.3 Å². The third-order valence-corrected chi connectivity index (χ3v) is 4.85. The van der Waals surface area contributed by atoms with E-state index in [4.69, 9.17) is 0 Å². The van der Waals surface area contributed by atoms with Gasteiger partial charge < -0.3 is 10.6 Å². The molecule has 1 unspecified atom stereocenters. The Balaban J connectivity index is 1.70. The molecule has 1 aliphatic heterocycles. The van der Waals surface area contributed by atoms with Crippen LogP contribution in [0.3, 0.4) is 0 Å². The van der Waals surface area contributed by atoms with Crippen LogP contribution in [-0.2, 0) is 11.2 Å². The van der Waals surface area contributed by atoms with E-state index in [1.807, 2.05) is 0 Å². The number of nitro benzene ring substituents is 1. The summed E-state index contributed by atoms with van der Waals surface area (Å²) in [4.78, 5) is 25.3. The third-order valence-electron chi connectivity index (χ3n) is 4.85. The minimum atomic E-state index is -0.488. The van der Waals surface area contributed by atoms with Gasteiger partial charge in [-0.05, 0) is 23.6 Å². The van der Waals surface area contributed by atoms with E-state index < -0.39 is 4.92 Å². The zero-order chi connectivity index (χ0) is 19.2. The molecule has 7 nitrogen and oxygen atoms in total. The molecule has 2 aromatic rings. The number of rotatable bonds is 6. The van der Waals surface area contributed by atoms with E-state index in [-0.39, 0.29) is 29.9 Å². The van der Waals surface area contributed by atoms with Crippen LogP contribution in [0, 0.1) is 10.1 Å². The van der Waals surface area contributed by atoms with Crippen molar-refractivity contribution in [2.75, 3.05) is 31.5 Å². The number of carbonyl (C=O) groups is 1. The van der Waals surface area contributed by atoms with Gasteiger partial charge in [0.2, 0.25) is 5.91 Å². The molecule has 7 heteroatoms. The van der Waals surface area contributed by atoms with Crippen LogP contribution in [-0.4, -0.2) is 41.9 Å². The van der Waals surface area contributed by atoms with Gasteiger partial charge in [-0.15, -0.1) is 0 Å². The van der Waals surface area contributed by atoms with Crippen LogP contribution in [0.4, 0.5) is 11.4 Å². The lowest BCUT2D eigenvalue weighted by Crippen LogP contribution is -2.48. The van der Waals surface area contributed by atoms with Crippen LogP contribution in [0.2, 0.25) is 0 Å². The maximum atomic E-state index is 12.5. The van der Waals surface area contributed by atoms with Crippen molar-refractivity contribution < 1.29 is 9.72 Å². The molecule has 0 aliphatic carbocycles. The van der Waals surface area contributed by atoms with Gasteiger partial charge in [0.1, 0.15) is 5.69 Å². The molecular weight excluding hydrogens is 344 g/mol. The normalized spacial score (nSPS) is 17.4. The van der Waals surface area contributed by atoms with Gasteiger partial charge in [-0.2, -0.15) is 0 Å². The molecule has 1 saturated heterocycles. The van der Waals surface area contributed by atoms with Crippen molar-refractivity contribution in [2.24, 2.45) is 0 Å². The lowest BCUT2D eigenvalue weighted by Gasteiger charge is -2.36. The third kappa shape index (κ3) is 4.69. The van der Waals surface area contributed by atoms with E-state index >= 15 is 0 Å². The summed E-state index contributed by atoms with van der Waals surface area (Å²) in [6.07, 6.45) is 0.991. The Morgan fingerprint density at radius 1 is 1.26 bits per heavy atom. The number of piperazine rings is 1. The molecule has 0 aromatic heterocycles. The number of nitro groups is 1. The SMILES string of the molecule is CCc1ccc(C2CNCCN2CC(=O)Nc2ccccc2[N+](=O)[O-])cc1. The van der Waals surface area contributed by atoms with Crippen LogP contribution in [0.1, 0.15) is 24.1 Å². The first kappa shape index (κ1) is 19.0. The lowest BCUT2D eigenvalue weighted by molar-refractivity contribution is -0.383. The first-order valence-electron chi connectivity index (χ1n) is 9.15. The molecule has 0 radical (unpaired) electrons. The Labute approximate surface area is 158 Å². The van der Waals surface area contributed by atoms with E-state index in [9.17, 15) is 14.9 Å². The fourth-order valence-electron chi connectivity index (χ4n) is 3.35. The minimum absolute atomic E-state index is 0.0983. The highest BCUT2D eigenvalue weighted by atomic mass is 16.6. The standard InChI is InChI=1S/C20H24N4O3/c1-2-15-7-9-16(10-8-15)19-13-21-11-12-23(19)14-20(25)22-17-5-3-4-6-18(17)24(26)27/h3-10,19,21H,2,11-14H2,1H3,(H,22,25). The second-order valence-corrected chi connectivity index (χ2v) is 6.61. The average Bonchev–Trinajstić information content (AvgIpc) is 2.69. The van der Waals surface area contributed by atoms with Crippen molar-refractivity contribution in [3.63, 3.8) is 0 Å². The van der Waals surface area contributed by atoms with Crippen molar-refractivity contribution in [3.8, 4) is 0 Å². The predicted octanol–water partition coefficient (Wildman–Crippen LogP) is 2.74. The Morgan fingerprint density at radius 2 is 2.00 bits per heavy atom. The topological polar surface area (TPSA) is 87.5 Å². The van der Waals surface area contributed by atoms with Gasteiger partial charge in [0.15, 0.2) is 0 Å². The average molecular weight is 368 g/mol. The molecule has 1 amide bonds. The smallest absolute Gasteiger partial charge is 0.292 e. The highest BCUT2D eigenvalue weighted by Gasteiger charge is 2.26. The Kier molecular flexibility index (Phi) is 6.16. The van der Waals surface area contributed by atoms with Crippen molar-refractivity contribution in [1.29, 1.82) is 0 Å². The van der Waals surface area contributed by atoms with Crippen molar-refractivity contribution in [1.82, 2.24) is 10.2 Å². The van der Waals surface area contributed by atoms with Gasteiger partial charge in [-0.25, -0.2) is 0 Å². The van der Waals surface area contributed by atoms with E-state index in [0.717, 1.165) is 31.6 Å². The number of carbonyl (C=O) groups excluding carboxylic acids is 1. The second kappa shape index (κ2) is 8.75. The quantitative estimate of drug-likeness (QED) is 0.605. The molecule has 27 heavy (non-hydrogen) atoms. The zero-order valence-corrected chi connectivity index (χ0v) is 15.4. The van der Waals surface area contributed by atoms with Crippen LogP contribution >= 0.6 is 0 Å². The van der Waals surface area contributed by atoms with E-state index in [2.05, 4.69) is 46.7 Å². The number of anilines is 1. The number of aryl methyl sites for hydroxylation is 1. The summed E-state index contributed by atoms with van der Waals surface area (Å²) in [7, 11) is 0. The fourth-order valence-corrected chi connectivity index (χ4v) is 3.35. The molecular formula is C20H24N4O3. The zero-order valence-electron chi connectivity index (χ0n) is 15.4. The number of hydrogen-bond donors (Lipinski definition) is 2. The van der Waals surface area contributed by atoms with Crippen molar-refractivity contribution in [2.45, 2.75) is 19.4 Å². The Bertz CT molecular complexity index is 807. The number of para-hydroxylation sites is 2. The summed E-state index contributed by atoms with van der Waals surface area (Å²) in [5.41, 5.74) is 2.57. The number of nitrogens with one attached hydrogen (secondary N) is 2. The van der Waals surface area contributed by atoms with Crippen LogP contribution in [0.5, 0.6) is 0 Å². The molecule has 0 spiro atoms. The minimum Gasteiger partial charge on any atom is -0.319 e. The molecule has 2 aromatic carbocycles. The second-order valence-electron chi connectivity index (χ2n) is 6.61. The predicted molar refractivity (Wildman–Crippen MR) is 105 cm³/mol. The van der Waals surface area contributed by atoms with Crippen LogP contribution < -0.4 is 10.6 Å². The summed E-state index contributed by atoms with van der Waals surface area (Å²) >= 11 is 0. The highest BCUT2D eigenvalue weighted by molar-refractivity contribution is 5.94. The molecule has 0 saturated carbocycles. The summed E-state index contributed by atoms with van der Waals surface area (Å²) in [5.74, 6) is -0.249. The Morgan fingerprint density at radius 3 is 2.70 bits per heavy atom. The Hall–Kier alpha value is -2.77. The molecule has 1 aliphatic rings.